The minimum atomic E-state index is -3.71. The minimum Gasteiger partial charge on any atom is -0.478 e. The number of carboxylic acids is 1. The fraction of sp³-hybridized carbons (Fsp3) is 0.350. The normalized spacial score (nSPS) is 16.1. The van der Waals surface area contributed by atoms with E-state index < -0.39 is 16.0 Å². The molecular weight excluding hydrogens is 410 g/mol. The van der Waals surface area contributed by atoms with E-state index in [-0.39, 0.29) is 35.6 Å². The highest BCUT2D eigenvalue weighted by Gasteiger charge is 2.35. The molecule has 10 heteroatoms. The molecule has 0 radical (unpaired) electrons. The predicted molar refractivity (Wildman–Crippen MR) is 109 cm³/mol. The van der Waals surface area contributed by atoms with Crippen molar-refractivity contribution >= 4 is 33.7 Å². The third kappa shape index (κ3) is 4.77. The number of nitrogens with zero attached hydrogens (tertiary/aromatic N) is 2. The molecule has 1 aliphatic heterocycles. The molecule has 1 aromatic heterocycles. The van der Waals surface area contributed by atoms with Crippen molar-refractivity contribution in [1.82, 2.24) is 9.46 Å². The number of sulfonamides is 1. The van der Waals surface area contributed by atoms with Gasteiger partial charge in [0.05, 0.1) is 0 Å². The summed E-state index contributed by atoms with van der Waals surface area (Å²) in [5.74, 6) is -1.24. The minimum absolute atomic E-state index is 0.0995. The number of hydrogen-bond donors (Lipinski definition) is 2. The lowest BCUT2D eigenvalue weighted by molar-refractivity contribution is -0.131. The van der Waals surface area contributed by atoms with E-state index >= 15 is 0 Å². The van der Waals surface area contributed by atoms with Crippen LogP contribution < -0.4 is 5.32 Å². The van der Waals surface area contributed by atoms with Gasteiger partial charge in [-0.2, -0.15) is 4.31 Å². The van der Waals surface area contributed by atoms with E-state index in [1.54, 1.807) is 38.1 Å². The van der Waals surface area contributed by atoms with Gasteiger partial charge in [-0.15, -0.1) is 0 Å². The second-order valence-electron chi connectivity index (χ2n) is 7.11. The molecule has 1 fully saturated rings. The van der Waals surface area contributed by atoms with Gasteiger partial charge in [0.2, 0.25) is 15.9 Å². The Morgan fingerprint density at radius 2 is 1.83 bits per heavy atom. The van der Waals surface area contributed by atoms with Crippen LogP contribution in [0.15, 0.2) is 39.8 Å². The molecule has 3 rings (SSSR count). The van der Waals surface area contributed by atoms with Gasteiger partial charge in [-0.05, 0) is 50.5 Å². The predicted octanol–water partition coefficient (Wildman–Crippen LogP) is 2.43. The highest BCUT2D eigenvalue weighted by Crippen LogP contribution is 2.28. The zero-order valence-electron chi connectivity index (χ0n) is 16.7. The summed E-state index contributed by atoms with van der Waals surface area (Å²) in [5.41, 5.74) is 1.63. The number of hydrogen-bond acceptors (Lipinski definition) is 6. The number of aryl methyl sites for hydroxylation is 2. The molecule has 2 heterocycles. The van der Waals surface area contributed by atoms with E-state index in [2.05, 4.69) is 10.5 Å². The van der Waals surface area contributed by atoms with Crippen molar-refractivity contribution in [3.05, 3.63) is 47.4 Å². The van der Waals surface area contributed by atoms with Gasteiger partial charge in [-0.25, -0.2) is 13.2 Å². The Kier molecular flexibility index (Phi) is 6.37. The Balaban J connectivity index is 1.58. The van der Waals surface area contributed by atoms with Crippen molar-refractivity contribution < 1.29 is 27.6 Å². The first-order chi connectivity index (χ1) is 14.2. The lowest BCUT2D eigenvalue weighted by Crippen LogP contribution is -2.41. The molecule has 2 N–H and O–H groups in total. The van der Waals surface area contributed by atoms with Crippen LogP contribution in [0.25, 0.3) is 6.08 Å². The van der Waals surface area contributed by atoms with Crippen LogP contribution in [0.4, 0.5) is 5.69 Å². The van der Waals surface area contributed by atoms with Crippen molar-refractivity contribution in [3.8, 4) is 0 Å². The van der Waals surface area contributed by atoms with Crippen LogP contribution in [-0.4, -0.2) is 48.0 Å². The average Bonchev–Trinajstić information content (AvgIpc) is 3.06. The maximum atomic E-state index is 12.9. The molecule has 0 bridgehead atoms. The molecule has 0 saturated carbocycles. The SMILES string of the molecule is Cc1noc(C)c1S(=O)(=O)N1CCC(C(=O)Nc2ccc(/C=C/C(=O)O)cc2)CC1. The monoisotopic (exact) mass is 433 g/mol. The third-order valence-electron chi connectivity index (χ3n) is 4.99. The molecule has 0 aliphatic carbocycles. The molecule has 1 saturated heterocycles. The molecule has 1 aliphatic rings. The molecule has 0 spiro atoms. The van der Waals surface area contributed by atoms with Gasteiger partial charge in [0.1, 0.15) is 10.6 Å². The highest BCUT2D eigenvalue weighted by molar-refractivity contribution is 7.89. The number of aromatic nitrogens is 1. The zero-order chi connectivity index (χ0) is 21.9. The summed E-state index contributed by atoms with van der Waals surface area (Å²) in [4.78, 5) is 23.2. The lowest BCUT2D eigenvalue weighted by atomic mass is 9.97. The molecule has 30 heavy (non-hydrogen) atoms. The molecule has 1 aromatic carbocycles. The Bertz CT molecular complexity index is 1040. The van der Waals surface area contributed by atoms with Gasteiger partial charge < -0.3 is 14.9 Å². The second kappa shape index (κ2) is 8.80. The second-order valence-corrected chi connectivity index (χ2v) is 8.99. The summed E-state index contributed by atoms with van der Waals surface area (Å²) < 4.78 is 32.1. The van der Waals surface area contributed by atoms with Gasteiger partial charge in [-0.1, -0.05) is 17.3 Å². The van der Waals surface area contributed by atoms with Crippen molar-refractivity contribution in [2.45, 2.75) is 31.6 Å². The number of nitrogens with one attached hydrogen (secondary N) is 1. The summed E-state index contributed by atoms with van der Waals surface area (Å²) in [6, 6.07) is 6.79. The van der Waals surface area contributed by atoms with E-state index in [1.807, 2.05) is 0 Å². The Morgan fingerprint density at radius 1 is 1.20 bits per heavy atom. The summed E-state index contributed by atoms with van der Waals surface area (Å²) in [6.07, 6.45) is 3.32. The number of amides is 1. The molecule has 0 unspecified atom stereocenters. The molecule has 1 amide bonds. The molecule has 9 nitrogen and oxygen atoms in total. The number of aliphatic carboxylic acids is 1. The quantitative estimate of drug-likeness (QED) is 0.669. The molecule has 2 aromatic rings. The van der Waals surface area contributed by atoms with Crippen LogP contribution in [0.1, 0.15) is 29.9 Å². The zero-order valence-corrected chi connectivity index (χ0v) is 17.5. The Hall–Kier alpha value is -2.98. The number of benzene rings is 1. The van der Waals surface area contributed by atoms with Crippen LogP contribution in [0.3, 0.4) is 0 Å². The highest BCUT2D eigenvalue weighted by atomic mass is 32.2. The number of rotatable bonds is 6. The van der Waals surface area contributed by atoms with Crippen molar-refractivity contribution in [2.24, 2.45) is 5.92 Å². The number of anilines is 1. The van der Waals surface area contributed by atoms with Crippen LogP contribution in [0.5, 0.6) is 0 Å². The van der Waals surface area contributed by atoms with Gasteiger partial charge in [0.25, 0.3) is 0 Å². The van der Waals surface area contributed by atoms with E-state index in [0.29, 0.717) is 29.8 Å². The van der Waals surface area contributed by atoms with Gasteiger partial charge >= 0.3 is 5.97 Å². The summed E-state index contributed by atoms with van der Waals surface area (Å²) in [6.45, 7) is 3.63. The first-order valence-electron chi connectivity index (χ1n) is 9.43. The van der Waals surface area contributed by atoms with E-state index in [9.17, 15) is 18.0 Å². The largest absolute Gasteiger partial charge is 0.478 e. The maximum absolute atomic E-state index is 12.9. The van der Waals surface area contributed by atoms with Gasteiger partial charge in [0.15, 0.2) is 5.76 Å². The van der Waals surface area contributed by atoms with Crippen molar-refractivity contribution in [2.75, 3.05) is 18.4 Å². The Morgan fingerprint density at radius 3 is 2.37 bits per heavy atom. The molecule has 160 valence electrons. The smallest absolute Gasteiger partial charge is 0.328 e. The van der Waals surface area contributed by atoms with Crippen molar-refractivity contribution in [3.63, 3.8) is 0 Å². The summed E-state index contributed by atoms with van der Waals surface area (Å²) in [7, 11) is -3.71. The van der Waals surface area contributed by atoms with Gasteiger partial charge in [0, 0.05) is 30.8 Å². The molecule has 0 atom stereocenters. The summed E-state index contributed by atoms with van der Waals surface area (Å²) >= 11 is 0. The van der Waals surface area contributed by atoms with E-state index in [0.717, 1.165) is 6.08 Å². The van der Waals surface area contributed by atoms with Gasteiger partial charge in [-0.3, -0.25) is 4.79 Å². The standard InChI is InChI=1S/C20H23N3O6S/c1-13-19(14(2)29-22-13)30(27,28)23-11-9-16(10-12-23)20(26)21-17-6-3-15(4-7-17)5-8-18(24)25/h3-8,16H,9-12H2,1-2H3,(H,21,26)(H,24,25)/b8-5+. The number of piperidine rings is 1. The van der Waals surface area contributed by atoms with Crippen LogP contribution in [-0.2, 0) is 19.6 Å². The van der Waals surface area contributed by atoms with Crippen molar-refractivity contribution in [1.29, 1.82) is 0 Å². The summed E-state index contributed by atoms with van der Waals surface area (Å²) in [5, 5.41) is 15.2. The first kappa shape index (κ1) is 21.7. The number of carbonyl (C=O) groups is 2. The fourth-order valence-electron chi connectivity index (χ4n) is 3.42. The fourth-order valence-corrected chi connectivity index (χ4v) is 5.18. The van der Waals surface area contributed by atoms with E-state index in [4.69, 9.17) is 9.63 Å². The molecular formula is C20H23N3O6S. The third-order valence-corrected chi connectivity index (χ3v) is 7.13. The van der Waals surface area contributed by atoms with Crippen LogP contribution in [0.2, 0.25) is 0 Å². The number of carbonyl (C=O) groups excluding carboxylic acids is 1. The maximum Gasteiger partial charge on any atom is 0.328 e. The Labute approximate surface area is 174 Å². The number of carboxylic acid groups (broad SMARTS) is 1. The lowest BCUT2D eigenvalue weighted by Gasteiger charge is -2.30. The van der Waals surface area contributed by atoms with Crippen LogP contribution in [0, 0.1) is 19.8 Å². The van der Waals surface area contributed by atoms with Crippen LogP contribution >= 0.6 is 0 Å². The first-order valence-corrected chi connectivity index (χ1v) is 10.9. The average molecular weight is 433 g/mol. The topological polar surface area (TPSA) is 130 Å². The van der Waals surface area contributed by atoms with E-state index in [1.165, 1.54) is 10.4 Å².